The molecule has 1 saturated heterocycles. The van der Waals surface area contributed by atoms with Gasteiger partial charge in [-0.25, -0.2) is 4.79 Å². The molecule has 5 atom stereocenters. The highest BCUT2D eigenvalue weighted by atomic mass is 32.2. The van der Waals surface area contributed by atoms with Crippen molar-refractivity contribution < 1.29 is 46.8 Å². The Morgan fingerprint density at radius 3 is 1.88 bits per heavy atom. The Balaban J connectivity index is 1.56. The topological polar surface area (TPSA) is 100 Å². The second-order valence-electron chi connectivity index (χ2n) is 23.1. The fourth-order valence-electron chi connectivity index (χ4n) is 9.02. The van der Waals surface area contributed by atoms with Crippen LogP contribution in [-0.4, -0.2) is 95.6 Å². The number of thioether (sulfide) groups is 1. The van der Waals surface area contributed by atoms with Crippen molar-refractivity contribution in [2.75, 3.05) is 34.7 Å². The Bertz CT molecular complexity index is 2300. The molecule has 1 fully saturated rings. The van der Waals surface area contributed by atoms with E-state index in [9.17, 15) is 4.79 Å². The third kappa shape index (κ3) is 15.2. The average molecular weight is 1060 g/mol. The van der Waals surface area contributed by atoms with Crippen molar-refractivity contribution in [3.05, 3.63) is 120 Å². The van der Waals surface area contributed by atoms with Gasteiger partial charge in [-0.3, -0.25) is 0 Å². The van der Waals surface area contributed by atoms with Crippen LogP contribution < -0.4 is 24.6 Å². The lowest BCUT2D eigenvalue weighted by Gasteiger charge is -2.44. The SMILES string of the molecule is COCOc1c(OC)c(OC)cc(C(CC[C@@H]2OC(C)(C)O[C@@H]2C(/C=C\C[C@H](C)O[Si](c2ccccc2)(c2ccccc2)C(C)(C)C)O[Si](C)(C)C(C)(C)C)Sc2ccccc2)c1C(=O)OCC[Si](C)(C)C. The predicted octanol–water partition coefficient (Wildman–Crippen LogP) is 13.6. The largest absolute Gasteiger partial charge is 0.493 e. The fourth-order valence-corrected chi connectivity index (χ4v) is 16.9. The van der Waals surface area contributed by atoms with Crippen LogP contribution in [0.25, 0.3) is 0 Å². The van der Waals surface area contributed by atoms with Crippen LogP contribution in [0.15, 0.2) is 114 Å². The first-order valence-electron chi connectivity index (χ1n) is 25.6. The van der Waals surface area contributed by atoms with Crippen molar-refractivity contribution >= 4 is 52.8 Å². The smallest absolute Gasteiger partial charge is 0.342 e. The molecule has 0 saturated carbocycles. The highest BCUT2D eigenvalue weighted by Crippen LogP contribution is 2.50. The van der Waals surface area contributed by atoms with Gasteiger partial charge in [0.05, 0.1) is 33.0 Å². The first kappa shape index (κ1) is 59.2. The highest BCUT2D eigenvalue weighted by Gasteiger charge is 2.52. The van der Waals surface area contributed by atoms with E-state index in [1.54, 1.807) is 18.9 Å². The molecule has 5 rings (SSSR count). The second kappa shape index (κ2) is 25.2. The van der Waals surface area contributed by atoms with Crippen molar-refractivity contribution in [1.29, 1.82) is 0 Å². The number of carbonyl (C=O) groups is 1. The maximum atomic E-state index is 14.6. The molecule has 0 amide bonds. The summed E-state index contributed by atoms with van der Waals surface area (Å²) in [6.07, 6.45) is 4.89. The van der Waals surface area contributed by atoms with Crippen LogP contribution in [0.2, 0.25) is 48.9 Å². The summed E-state index contributed by atoms with van der Waals surface area (Å²) in [5.41, 5.74) is 0.981. The van der Waals surface area contributed by atoms with Crippen LogP contribution >= 0.6 is 11.8 Å². The minimum Gasteiger partial charge on any atom is -0.493 e. The Morgan fingerprint density at radius 2 is 1.36 bits per heavy atom. The summed E-state index contributed by atoms with van der Waals surface area (Å²) in [5, 5.41) is 1.97. The number of esters is 1. The molecule has 4 aromatic carbocycles. The Hall–Kier alpha value is -3.71. The van der Waals surface area contributed by atoms with E-state index in [-0.39, 0.29) is 51.4 Å². The summed E-state index contributed by atoms with van der Waals surface area (Å²) in [4.78, 5) is 15.6. The number of hydrogen-bond acceptors (Lipinski definition) is 11. The van der Waals surface area contributed by atoms with E-state index in [4.69, 9.17) is 42.0 Å². The second-order valence-corrected chi connectivity index (χ2v) is 39.0. The van der Waals surface area contributed by atoms with E-state index in [1.165, 1.54) is 24.6 Å². The van der Waals surface area contributed by atoms with Crippen LogP contribution in [-0.2, 0) is 27.8 Å². The van der Waals surface area contributed by atoms with Gasteiger partial charge in [-0.05, 0) is 103 Å². The molecular formula is C58H86O10SSi3. The molecule has 0 aliphatic carbocycles. The summed E-state index contributed by atoms with van der Waals surface area (Å²) < 4.78 is 58.3. The molecule has 1 aliphatic heterocycles. The third-order valence-corrected chi connectivity index (χ3v) is 26.4. The number of carbonyl (C=O) groups excluding carboxylic acids is 1. The zero-order valence-electron chi connectivity index (χ0n) is 46.5. The minimum atomic E-state index is -2.80. The molecule has 0 aromatic heterocycles. The summed E-state index contributed by atoms with van der Waals surface area (Å²) in [6, 6.07) is 34.5. The molecule has 14 heteroatoms. The lowest BCUT2D eigenvalue weighted by atomic mass is 9.95. The molecule has 1 aliphatic rings. The molecule has 4 aromatic rings. The van der Waals surface area contributed by atoms with Gasteiger partial charge in [-0.1, -0.05) is 152 Å². The molecule has 72 heavy (non-hydrogen) atoms. The number of ether oxygens (including phenoxy) is 7. The fraction of sp³-hybridized carbons (Fsp3) is 0.534. The van der Waals surface area contributed by atoms with Gasteiger partial charge in [0, 0.05) is 31.4 Å². The Kier molecular flexibility index (Phi) is 20.7. The van der Waals surface area contributed by atoms with Crippen molar-refractivity contribution in [1.82, 2.24) is 0 Å². The Morgan fingerprint density at radius 1 is 0.778 bits per heavy atom. The zero-order valence-corrected chi connectivity index (χ0v) is 50.3. The third-order valence-electron chi connectivity index (χ3n) is 13.7. The molecule has 10 nitrogen and oxygen atoms in total. The van der Waals surface area contributed by atoms with Gasteiger partial charge in [-0.15, -0.1) is 11.8 Å². The normalized spacial score (nSPS) is 17.9. The van der Waals surface area contributed by atoms with Gasteiger partial charge < -0.3 is 42.0 Å². The summed E-state index contributed by atoms with van der Waals surface area (Å²) >= 11 is 1.66. The molecule has 396 valence electrons. The maximum Gasteiger partial charge on any atom is 0.342 e. The molecule has 0 bridgehead atoms. The van der Waals surface area contributed by atoms with Gasteiger partial charge in [0.15, 0.2) is 32.4 Å². The highest BCUT2D eigenvalue weighted by molar-refractivity contribution is 7.99. The van der Waals surface area contributed by atoms with Crippen molar-refractivity contribution in [3.63, 3.8) is 0 Å². The Labute approximate surface area is 440 Å². The zero-order chi connectivity index (χ0) is 53.1. The first-order chi connectivity index (χ1) is 33.8. The number of methoxy groups -OCH3 is 3. The van der Waals surface area contributed by atoms with Gasteiger partial charge in [0.2, 0.25) is 5.75 Å². The number of rotatable bonds is 25. The van der Waals surface area contributed by atoms with Crippen LogP contribution in [0, 0.1) is 0 Å². The summed E-state index contributed by atoms with van der Waals surface area (Å²) in [7, 11) is -2.06. The van der Waals surface area contributed by atoms with Gasteiger partial charge in [-0.2, -0.15) is 0 Å². The molecular weight excluding hydrogens is 973 g/mol. The number of benzene rings is 4. The van der Waals surface area contributed by atoms with Crippen molar-refractivity contribution in [2.45, 2.75) is 171 Å². The average Bonchev–Trinajstić information content (AvgIpc) is 3.63. The lowest BCUT2D eigenvalue weighted by Crippen LogP contribution is -2.67. The van der Waals surface area contributed by atoms with Gasteiger partial charge >= 0.3 is 5.97 Å². The maximum absolute atomic E-state index is 14.6. The number of hydrogen-bond donors (Lipinski definition) is 0. The molecule has 0 N–H and O–H groups in total. The quantitative estimate of drug-likeness (QED) is 0.0209. The first-order valence-corrected chi connectivity index (χ1v) is 35.0. The monoisotopic (exact) mass is 1060 g/mol. The van der Waals surface area contributed by atoms with Crippen LogP contribution in [0.4, 0.5) is 0 Å². The van der Waals surface area contributed by atoms with Crippen molar-refractivity contribution in [2.24, 2.45) is 0 Å². The van der Waals surface area contributed by atoms with E-state index < -0.39 is 48.7 Å². The minimum absolute atomic E-state index is 0.0727. The molecule has 0 spiro atoms. The summed E-state index contributed by atoms with van der Waals surface area (Å²) in [6.45, 7) is 31.4. The van der Waals surface area contributed by atoms with Gasteiger partial charge in [0.1, 0.15) is 11.7 Å². The van der Waals surface area contributed by atoms with E-state index in [1.807, 2.05) is 38.1 Å². The van der Waals surface area contributed by atoms with Gasteiger partial charge in [0.25, 0.3) is 8.32 Å². The van der Waals surface area contributed by atoms with E-state index >= 15 is 0 Å². The standard InChI is InChI=1S/C58H86O10SSi3/c1-42(67-72(57(5,6)7,44-31-23-19-24-32-44)45-33-25-20-26-34-45)28-27-35-48(68-71(16,17)56(2,3)4)52-47(65-58(8,9)66-52)36-37-50(69-43-29-21-18-22-30-43)46-40-49(61-11)53(62-12)54(64-41-60-10)51(46)55(59)63-38-39-70(13,14)15/h18-27,29-35,40,42,47-48,50,52H,28,36-39,41H2,1-17H3/b35-27-/t42-,47-,48?,50?,52-/m0/s1. The van der Waals surface area contributed by atoms with E-state index in [0.29, 0.717) is 37.2 Å². The predicted molar refractivity (Wildman–Crippen MR) is 303 cm³/mol. The van der Waals surface area contributed by atoms with Crippen LogP contribution in [0.3, 0.4) is 0 Å². The van der Waals surface area contributed by atoms with E-state index in [2.05, 4.69) is 166 Å². The molecule has 1 heterocycles. The van der Waals surface area contributed by atoms with E-state index in [0.717, 1.165) is 10.9 Å². The van der Waals surface area contributed by atoms with Crippen LogP contribution in [0.1, 0.15) is 103 Å². The summed E-state index contributed by atoms with van der Waals surface area (Å²) in [5.74, 6) is -0.454. The lowest BCUT2D eigenvalue weighted by molar-refractivity contribution is -0.152. The molecule has 0 radical (unpaired) electrons. The van der Waals surface area contributed by atoms with Crippen LogP contribution in [0.5, 0.6) is 17.2 Å². The molecule has 2 unspecified atom stereocenters. The van der Waals surface area contributed by atoms with Crippen molar-refractivity contribution in [3.8, 4) is 17.2 Å².